The highest BCUT2D eigenvalue weighted by Gasteiger charge is 2.10. The molecule has 1 N–H and O–H groups in total. The zero-order valence-corrected chi connectivity index (χ0v) is 12.4. The van der Waals surface area contributed by atoms with Gasteiger partial charge in [0.05, 0.1) is 5.69 Å². The molecule has 0 atom stereocenters. The van der Waals surface area contributed by atoms with Gasteiger partial charge in [-0.3, -0.25) is 4.79 Å². The Kier molecular flexibility index (Phi) is 5.47. The largest absolute Gasteiger partial charge is 0.371 e. The van der Waals surface area contributed by atoms with Crippen LogP contribution in [-0.4, -0.2) is 19.0 Å². The van der Waals surface area contributed by atoms with E-state index >= 15 is 0 Å². The van der Waals surface area contributed by atoms with Gasteiger partial charge in [-0.05, 0) is 43.3 Å². The van der Waals surface area contributed by atoms with E-state index in [4.69, 9.17) is 0 Å². The molecule has 0 spiro atoms. The molecule has 0 saturated heterocycles. The van der Waals surface area contributed by atoms with E-state index in [1.165, 1.54) is 24.3 Å². The molecule has 2 rings (SSSR count). The van der Waals surface area contributed by atoms with Crippen molar-refractivity contribution < 1.29 is 13.6 Å². The molecule has 5 heteroatoms. The summed E-state index contributed by atoms with van der Waals surface area (Å²) in [5.41, 5.74) is 1.03. The summed E-state index contributed by atoms with van der Waals surface area (Å²) in [7, 11) is 0. The molecule has 0 aliphatic rings. The Bertz CT molecular complexity index is 629. The minimum Gasteiger partial charge on any atom is -0.371 e. The van der Waals surface area contributed by atoms with Gasteiger partial charge in [-0.25, -0.2) is 8.78 Å². The van der Waals surface area contributed by atoms with Crippen molar-refractivity contribution in [3.05, 3.63) is 60.2 Å². The van der Waals surface area contributed by atoms with Gasteiger partial charge in [0.2, 0.25) is 5.91 Å². The Morgan fingerprint density at radius 2 is 1.77 bits per heavy atom. The number of halogens is 2. The third kappa shape index (κ3) is 4.28. The number of hydrogen-bond acceptors (Lipinski definition) is 2. The summed E-state index contributed by atoms with van der Waals surface area (Å²) in [5.74, 6) is -1.01. The number of benzene rings is 2. The van der Waals surface area contributed by atoms with Crippen LogP contribution in [0.2, 0.25) is 0 Å². The van der Waals surface area contributed by atoms with Crippen LogP contribution in [0, 0.1) is 11.6 Å². The minimum absolute atomic E-state index is 0.178. The number of hydrogen-bond donors (Lipinski definition) is 1. The van der Waals surface area contributed by atoms with E-state index < -0.39 is 5.82 Å². The lowest BCUT2D eigenvalue weighted by atomic mass is 10.2. The first-order chi connectivity index (χ1) is 10.6. The molecular weight excluding hydrogens is 286 g/mol. The van der Waals surface area contributed by atoms with Crippen molar-refractivity contribution in [2.24, 2.45) is 0 Å². The predicted molar refractivity (Wildman–Crippen MR) is 83.9 cm³/mol. The van der Waals surface area contributed by atoms with E-state index in [9.17, 15) is 13.6 Å². The molecular formula is C17H18F2N2O. The Hall–Kier alpha value is -2.43. The Morgan fingerprint density at radius 3 is 2.41 bits per heavy atom. The molecule has 2 aromatic carbocycles. The Balaban J connectivity index is 1.91. The summed E-state index contributed by atoms with van der Waals surface area (Å²) >= 11 is 0. The van der Waals surface area contributed by atoms with E-state index in [-0.39, 0.29) is 23.8 Å². The Morgan fingerprint density at radius 1 is 1.09 bits per heavy atom. The van der Waals surface area contributed by atoms with Gasteiger partial charge in [0.15, 0.2) is 0 Å². The molecule has 0 heterocycles. The highest BCUT2D eigenvalue weighted by atomic mass is 19.1. The number of nitrogens with zero attached hydrogens (tertiary/aromatic N) is 1. The van der Waals surface area contributed by atoms with Crippen LogP contribution in [0.3, 0.4) is 0 Å². The lowest BCUT2D eigenvalue weighted by molar-refractivity contribution is -0.116. The molecule has 22 heavy (non-hydrogen) atoms. The predicted octanol–water partition coefficient (Wildman–Crippen LogP) is 3.82. The van der Waals surface area contributed by atoms with E-state index in [1.807, 2.05) is 11.8 Å². The van der Waals surface area contributed by atoms with E-state index in [1.54, 1.807) is 24.3 Å². The average Bonchev–Trinajstić information content (AvgIpc) is 2.52. The fraction of sp³-hybridized carbons (Fsp3) is 0.235. The van der Waals surface area contributed by atoms with Gasteiger partial charge in [-0.2, -0.15) is 0 Å². The smallest absolute Gasteiger partial charge is 0.226 e. The summed E-state index contributed by atoms with van der Waals surface area (Å²) < 4.78 is 26.4. The maximum Gasteiger partial charge on any atom is 0.226 e. The summed E-state index contributed by atoms with van der Waals surface area (Å²) in [6, 6.07) is 12.2. The van der Waals surface area contributed by atoms with Crippen LogP contribution in [-0.2, 0) is 4.79 Å². The molecule has 0 aliphatic carbocycles. The molecule has 3 nitrogen and oxygen atoms in total. The average molecular weight is 304 g/mol. The second-order valence-corrected chi connectivity index (χ2v) is 4.83. The highest BCUT2D eigenvalue weighted by Crippen LogP contribution is 2.16. The molecule has 0 aliphatic heterocycles. The molecule has 0 aromatic heterocycles. The van der Waals surface area contributed by atoms with Crippen LogP contribution in [0.25, 0.3) is 0 Å². The number of para-hydroxylation sites is 1. The monoisotopic (exact) mass is 304 g/mol. The van der Waals surface area contributed by atoms with E-state index in [0.29, 0.717) is 13.1 Å². The van der Waals surface area contributed by atoms with Crippen molar-refractivity contribution in [2.45, 2.75) is 13.3 Å². The first-order valence-electron chi connectivity index (χ1n) is 7.15. The topological polar surface area (TPSA) is 32.3 Å². The molecule has 0 radical (unpaired) electrons. The van der Waals surface area contributed by atoms with Gasteiger partial charge in [-0.15, -0.1) is 0 Å². The lowest BCUT2D eigenvalue weighted by Crippen LogP contribution is -2.27. The summed E-state index contributed by atoms with van der Waals surface area (Å²) in [6.45, 7) is 3.12. The Labute approximate surface area is 128 Å². The van der Waals surface area contributed by atoms with Gasteiger partial charge < -0.3 is 10.2 Å². The molecule has 0 saturated carbocycles. The van der Waals surface area contributed by atoms with E-state index in [2.05, 4.69) is 5.32 Å². The van der Waals surface area contributed by atoms with Gasteiger partial charge in [0.25, 0.3) is 0 Å². The van der Waals surface area contributed by atoms with Gasteiger partial charge in [0.1, 0.15) is 11.6 Å². The number of nitrogens with one attached hydrogen (secondary N) is 1. The first kappa shape index (κ1) is 15.9. The van der Waals surface area contributed by atoms with Crippen LogP contribution in [0.5, 0.6) is 0 Å². The van der Waals surface area contributed by atoms with Gasteiger partial charge >= 0.3 is 0 Å². The van der Waals surface area contributed by atoms with Gasteiger partial charge in [-0.1, -0.05) is 12.1 Å². The molecule has 0 fully saturated rings. The van der Waals surface area contributed by atoms with Crippen LogP contribution in [0.4, 0.5) is 20.2 Å². The first-order valence-corrected chi connectivity index (χ1v) is 7.15. The normalized spacial score (nSPS) is 10.3. The number of carbonyl (C=O) groups is 1. The van der Waals surface area contributed by atoms with Crippen molar-refractivity contribution in [2.75, 3.05) is 23.3 Å². The number of anilines is 2. The second-order valence-electron chi connectivity index (χ2n) is 4.83. The standard InChI is InChI=1S/C17H18F2N2O/c1-2-21(14-9-7-13(18)8-10-14)12-11-17(22)20-16-6-4-3-5-15(16)19/h3-10H,2,11-12H2,1H3,(H,20,22). The summed E-state index contributed by atoms with van der Waals surface area (Å²) in [5, 5.41) is 2.55. The van der Waals surface area contributed by atoms with Crippen molar-refractivity contribution in [1.29, 1.82) is 0 Å². The molecule has 1 amide bonds. The van der Waals surface area contributed by atoms with Crippen LogP contribution >= 0.6 is 0 Å². The summed E-state index contributed by atoms with van der Waals surface area (Å²) in [6.07, 6.45) is 0.222. The van der Waals surface area contributed by atoms with Crippen molar-refractivity contribution in [3.63, 3.8) is 0 Å². The number of carbonyl (C=O) groups excluding carboxylic acids is 1. The zero-order valence-electron chi connectivity index (χ0n) is 12.4. The fourth-order valence-corrected chi connectivity index (χ4v) is 2.13. The minimum atomic E-state index is -0.457. The van der Waals surface area contributed by atoms with Crippen molar-refractivity contribution >= 4 is 17.3 Å². The molecule has 0 bridgehead atoms. The number of rotatable bonds is 6. The lowest BCUT2D eigenvalue weighted by Gasteiger charge is -2.22. The maximum atomic E-state index is 13.5. The van der Waals surface area contributed by atoms with Crippen molar-refractivity contribution in [3.8, 4) is 0 Å². The molecule has 116 valence electrons. The van der Waals surface area contributed by atoms with Crippen LogP contribution < -0.4 is 10.2 Å². The number of amides is 1. The van der Waals surface area contributed by atoms with Crippen LogP contribution in [0.15, 0.2) is 48.5 Å². The second kappa shape index (κ2) is 7.54. The third-order valence-corrected chi connectivity index (χ3v) is 3.33. The van der Waals surface area contributed by atoms with Crippen molar-refractivity contribution in [1.82, 2.24) is 0 Å². The zero-order chi connectivity index (χ0) is 15.9. The van der Waals surface area contributed by atoms with Crippen LogP contribution in [0.1, 0.15) is 13.3 Å². The van der Waals surface area contributed by atoms with E-state index in [0.717, 1.165) is 5.69 Å². The quantitative estimate of drug-likeness (QED) is 0.880. The van der Waals surface area contributed by atoms with Gasteiger partial charge in [0, 0.05) is 25.2 Å². The molecule has 2 aromatic rings. The highest BCUT2D eigenvalue weighted by molar-refractivity contribution is 5.91. The SMILES string of the molecule is CCN(CCC(=O)Nc1ccccc1F)c1ccc(F)cc1. The maximum absolute atomic E-state index is 13.5. The summed E-state index contributed by atoms with van der Waals surface area (Å²) in [4.78, 5) is 13.9. The fourth-order valence-electron chi connectivity index (χ4n) is 2.13. The molecule has 0 unspecified atom stereocenters. The third-order valence-electron chi connectivity index (χ3n) is 3.33.